The van der Waals surface area contributed by atoms with Crippen LogP contribution in [-0.4, -0.2) is 36.8 Å². The summed E-state index contributed by atoms with van der Waals surface area (Å²) in [6.45, 7) is 1.99. The predicted octanol–water partition coefficient (Wildman–Crippen LogP) is 5.71. The summed E-state index contributed by atoms with van der Waals surface area (Å²) in [6.07, 6.45) is -0.0765. The van der Waals surface area contributed by atoms with Gasteiger partial charge in [0.1, 0.15) is 5.01 Å². The molecule has 4 rings (SSSR count). The second-order valence-corrected chi connectivity index (χ2v) is 9.19. The fraction of sp³-hybridized carbons (Fsp3) is 0.348. The Hall–Kier alpha value is -3.34. The molecule has 0 aliphatic heterocycles. The summed E-state index contributed by atoms with van der Waals surface area (Å²) in [4.78, 5) is 21.4. The predicted molar refractivity (Wildman–Crippen MR) is 124 cm³/mol. The van der Waals surface area contributed by atoms with Crippen LogP contribution in [0.3, 0.4) is 0 Å². The van der Waals surface area contributed by atoms with Crippen LogP contribution in [0.1, 0.15) is 42.5 Å². The number of hydrogen-bond acceptors (Lipinski definition) is 6. The fourth-order valence-corrected chi connectivity index (χ4v) is 4.59. The van der Waals surface area contributed by atoms with E-state index in [0.717, 1.165) is 35.3 Å². The van der Waals surface area contributed by atoms with E-state index in [1.165, 1.54) is 11.3 Å². The number of hydrogen-bond donors (Lipinski definition) is 2. The minimum absolute atomic E-state index is 0.160. The molecule has 3 heterocycles. The molecule has 7 nitrogen and oxygen atoms in total. The Bertz CT molecular complexity index is 1280. The lowest BCUT2D eigenvalue weighted by Crippen LogP contribution is -2.12. The van der Waals surface area contributed by atoms with Crippen molar-refractivity contribution >= 4 is 11.3 Å². The highest BCUT2D eigenvalue weighted by Crippen LogP contribution is 2.32. The van der Waals surface area contributed by atoms with Gasteiger partial charge in [-0.25, -0.2) is 10.1 Å². The van der Waals surface area contributed by atoms with Crippen molar-refractivity contribution in [3.8, 4) is 33.2 Å². The molecule has 1 aromatic carbocycles. The smallest absolute Gasteiger partial charge is 0.319 e. The second kappa shape index (κ2) is 10.3. The number of H-pyrrole nitrogens is 2. The van der Waals surface area contributed by atoms with Gasteiger partial charge >= 0.3 is 6.18 Å². The quantitative estimate of drug-likeness (QED) is 0.294. The third kappa shape index (κ3) is 5.96. The Morgan fingerprint density at radius 2 is 1.82 bits per heavy atom. The van der Waals surface area contributed by atoms with Gasteiger partial charge in [0.15, 0.2) is 5.82 Å². The van der Waals surface area contributed by atoms with Crippen molar-refractivity contribution in [2.45, 2.75) is 51.6 Å². The van der Waals surface area contributed by atoms with Gasteiger partial charge in [-0.2, -0.15) is 13.2 Å². The Kier molecular flexibility index (Phi) is 7.20. The average molecular weight is 489 g/mol. The maximum Gasteiger partial charge on any atom is 0.389 e. The molecule has 0 radical (unpaired) electrons. The van der Waals surface area contributed by atoms with Gasteiger partial charge < -0.3 is 4.98 Å². The summed E-state index contributed by atoms with van der Waals surface area (Å²) in [5.74, 6) is 0.272. The molecule has 0 atom stereocenters. The molecular weight excluding hydrogens is 465 g/mol. The zero-order valence-electron chi connectivity index (χ0n) is 18.4. The van der Waals surface area contributed by atoms with Gasteiger partial charge in [-0.1, -0.05) is 42.7 Å². The molecule has 34 heavy (non-hydrogen) atoms. The molecular formula is C23H23F3N6OS. The average Bonchev–Trinajstić information content (AvgIpc) is 3.48. The van der Waals surface area contributed by atoms with Gasteiger partial charge in [0, 0.05) is 23.1 Å². The standard InChI is InChI=1S/C23H23F3N6OS/c1-14-7-9-15(10-8-14)17-12-18(28-21(33)19(17)20-29-31-32-30-20)22-27-13-16(34-22)6-4-2-3-5-11-23(24,25)26/h7-10,12-13H,2-6,11H2,1H3,(H,28,33)(H,29,30,31,32). The number of alkyl halides is 3. The molecule has 0 aliphatic rings. The van der Waals surface area contributed by atoms with Gasteiger partial charge in [0.2, 0.25) is 0 Å². The normalized spacial score (nSPS) is 11.8. The number of tetrazole rings is 1. The van der Waals surface area contributed by atoms with E-state index in [2.05, 4.69) is 30.6 Å². The molecule has 11 heteroatoms. The van der Waals surface area contributed by atoms with Crippen molar-refractivity contribution in [2.75, 3.05) is 0 Å². The second-order valence-electron chi connectivity index (χ2n) is 8.08. The van der Waals surface area contributed by atoms with Crippen LogP contribution in [0.5, 0.6) is 0 Å². The first-order valence-corrected chi connectivity index (χ1v) is 11.7. The number of benzene rings is 1. The number of pyridine rings is 1. The zero-order valence-corrected chi connectivity index (χ0v) is 19.3. The van der Waals surface area contributed by atoms with Gasteiger partial charge in [-0.3, -0.25) is 4.79 Å². The summed E-state index contributed by atoms with van der Waals surface area (Å²) in [6, 6.07) is 9.67. The third-order valence-corrected chi connectivity index (χ3v) is 6.49. The van der Waals surface area contributed by atoms with Crippen molar-refractivity contribution < 1.29 is 13.2 Å². The number of thiazole rings is 1. The van der Waals surface area contributed by atoms with E-state index >= 15 is 0 Å². The summed E-state index contributed by atoms with van der Waals surface area (Å²) in [5.41, 5.74) is 3.21. The van der Waals surface area contributed by atoms with Gasteiger partial charge in [0.05, 0.1) is 11.3 Å². The molecule has 4 aromatic rings. The number of aromatic amines is 2. The van der Waals surface area contributed by atoms with E-state index in [-0.39, 0.29) is 17.8 Å². The number of aromatic nitrogens is 6. The first-order valence-electron chi connectivity index (χ1n) is 10.9. The molecule has 0 amide bonds. The highest BCUT2D eigenvalue weighted by molar-refractivity contribution is 7.15. The van der Waals surface area contributed by atoms with Crippen LogP contribution in [0.25, 0.3) is 33.2 Å². The molecule has 2 N–H and O–H groups in total. The highest BCUT2D eigenvalue weighted by atomic mass is 32.1. The SMILES string of the molecule is Cc1ccc(-c2cc(-c3ncc(CCCCCCC(F)(F)F)s3)[nH]c(=O)c2-c2nnn[nH]2)cc1. The number of aryl methyl sites for hydroxylation is 2. The van der Waals surface area contributed by atoms with Crippen molar-refractivity contribution in [3.05, 3.63) is 57.3 Å². The van der Waals surface area contributed by atoms with Crippen LogP contribution in [-0.2, 0) is 6.42 Å². The minimum atomic E-state index is -4.08. The number of nitrogens with one attached hydrogen (secondary N) is 2. The van der Waals surface area contributed by atoms with Crippen LogP contribution in [0.4, 0.5) is 13.2 Å². The van der Waals surface area contributed by atoms with Gasteiger partial charge in [-0.05, 0) is 48.2 Å². The lowest BCUT2D eigenvalue weighted by molar-refractivity contribution is -0.135. The van der Waals surface area contributed by atoms with E-state index in [1.807, 2.05) is 37.3 Å². The van der Waals surface area contributed by atoms with Crippen LogP contribution in [0, 0.1) is 6.92 Å². The van der Waals surface area contributed by atoms with Crippen LogP contribution >= 0.6 is 11.3 Å². The van der Waals surface area contributed by atoms with Gasteiger partial charge in [-0.15, -0.1) is 16.4 Å². The van der Waals surface area contributed by atoms with Crippen molar-refractivity contribution in [1.82, 2.24) is 30.6 Å². The minimum Gasteiger partial charge on any atom is -0.319 e. The number of halogens is 3. The molecule has 0 bridgehead atoms. The lowest BCUT2D eigenvalue weighted by Gasteiger charge is -2.09. The molecule has 0 fully saturated rings. The van der Waals surface area contributed by atoms with E-state index in [4.69, 9.17) is 0 Å². The molecule has 0 saturated carbocycles. The number of nitrogens with zero attached hydrogens (tertiary/aromatic N) is 4. The Balaban J connectivity index is 1.53. The Morgan fingerprint density at radius 1 is 1.06 bits per heavy atom. The largest absolute Gasteiger partial charge is 0.389 e. The molecule has 178 valence electrons. The fourth-order valence-electron chi connectivity index (χ4n) is 3.66. The van der Waals surface area contributed by atoms with Crippen LogP contribution in [0.2, 0.25) is 0 Å². The maximum absolute atomic E-state index is 13.0. The monoisotopic (exact) mass is 488 g/mol. The van der Waals surface area contributed by atoms with E-state index in [0.29, 0.717) is 28.2 Å². The van der Waals surface area contributed by atoms with Crippen LogP contribution < -0.4 is 5.56 Å². The molecule has 3 aromatic heterocycles. The number of unbranched alkanes of at least 4 members (excludes halogenated alkanes) is 3. The van der Waals surface area contributed by atoms with Crippen molar-refractivity contribution in [3.63, 3.8) is 0 Å². The molecule has 0 spiro atoms. The Morgan fingerprint density at radius 3 is 2.53 bits per heavy atom. The van der Waals surface area contributed by atoms with Gasteiger partial charge in [0.25, 0.3) is 5.56 Å². The van der Waals surface area contributed by atoms with E-state index in [9.17, 15) is 18.0 Å². The summed E-state index contributed by atoms with van der Waals surface area (Å²) in [7, 11) is 0. The first-order chi connectivity index (χ1) is 16.3. The van der Waals surface area contributed by atoms with Crippen molar-refractivity contribution in [1.29, 1.82) is 0 Å². The molecule has 0 aliphatic carbocycles. The first kappa shape index (κ1) is 23.8. The third-order valence-electron chi connectivity index (χ3n) is 5.40. The highest BCUT2D eigenvalue weighted by Gasteiger charge is 2.25. The summed E-state index contributed by atoms with van der Waals surface area (Å²) >= 11 is 1.46. The molecule has 0 saturated heterocycles. The molecule has 0 unspecified atom stereocenters. The topological polar surface area (TPSA) is 100 Å². The van der Waals surface area contributed by atoms with Crippen molar-refractivity contribution in [2.24, 2.45) is 0 Å². The number of rotatable bonds is 9. The Labute approximate surface area is 197 Å². The zero-order chi connectivity index (χ0) is 24.1. The summed E-state index contributed by atoms with van der Waals surface area (Å²) in [5, 5.41) is 14.4. The van der Waals surface area contributed by atoms with E-state index < -0.39 is 12.6 Å². The summed E-state index contributed by atoms with van der Waals surface area (Å²) < 4.78 is 36.7. The lowest BCUT2D eigenvalue weighted by atomic mass is 9.99. The van der Waals surface area contributed by atoms with E-state index in [1.54, 1.807) is 6.20 Å². The van der Waals surface area contributed by atoms with Crippen LogP contribution in [0.15, 0.2) is 41.3 Å². The maximum atomic E-state index is 13.0.